The Hall–Kier alpha value is -2.60. The summed E-state index contributed by atoms with van der Waals surface area (Å²) < 4.78 is 0. The lowest BCUT2D eigenvalue weighted by Crippen LogP contribution is -2.51. The second-order valence-corrected chi connectivity index (χ2v) is 9.46. The zero-order valence-electron chi connectivity index (χ0n) is 18.5. The minimum absolute atomic E-state index is 0.0607. The van der Waals surface area contributed by atoms with E-state index >= 15 is 0 Å². The van der Waals surface area contributed by atoms with Gasteiger partial charge in [-0.1, -0.05) is 25.1 Å². The number of rotatable bonds is 4. The van der Waals surface area contributed by atoms with Crippen molar-refractivity contribution >= 4 is 23.1 Å². The van der Waals surface area contributed by atoms with Crippen LogP contribution in [-0.4, -0.2) is 36.1 Å². The van der Waals surface area contributed by atoms with E-state index in [9.17, 15) is 4.79 Å². The quantitative estimate of drug-likeness (QED) is 0.785. The highest BCUT2D eigenvalue weighted by Gasteiger charge is 2.48. The molecule has 1 saturated carbocycles. The molecular weight excluding hydrogens is 386 g/mol. The molecule has 5 rings (SSSR count). The Labute approximate surface area is 184 Å². The molecule has 1 aromatic carbocycles. The Balaban J connectivity index is 1.56. The Kier molecular flexibility index (Phi) is 5.34. The molecule has 0 bridgehead atoms. The molecule has 164 valence electrons. The molecule has 6 heteroatoms. The van der Waals surface area contributed by atoms with Gasteiger partial charge in [0.1, 0.15) is 5.82 Å². The van der Waals surface area contributed by atoms with E-state index in [1.807, 2.05) is 11.0 Å². The van der Waals surface area contributed by atoms with Crippen LogP contribution in [0.1, 0.15) is 51.3 Å². The number of benzene rings is 1. The molecule has 1 aliphatic carbocycles. The third-order valence-electron chi connectivity index (χ3n) is 7.21. The number of nitrogens with zero attached hydrogens (tertiary/aromatic N) is 3. The van der Waals surface area contributed by atoms with E-state index in [0.29, 0.717) is 5.92 Å². The van der Waals surface area contributed by atoms with Crippen LogP contribution in [0.2, 0.25) is 0 Å². The van der Waals surface area contributed by atoms with Crippen LogP contribution in [0.15, 0.2) is 42.5 Å². The van der Waals surface area contributed by atoms with Gasteiger partial charge in [0.05, 0.1) is 17.4 Å². The van der Waals surface area contributed by atoms with Crippen molar-refractivity contribution < 1.29 is 4.79 Å². The summed E-state index contributed by atoms with van der Waals surface area (Å²) in [6.45, 7) is 5.83. The molecule has 3 aliphatic rings. The first-order valence-electron chi connectivity index (χ1n) is 11.7. The summed E-state index contributed by atoms with van der Waals surface area (Å²) in [5.41, 5.74) is 9.15. The predicted molar refractivity (Wildman–Crippen MR) is 125 cm³/mol. The second-order valence-electron chi connectivity index (χ2n) is 9.46. The van der Waals surface area contributed by atoms with Crippen LogP contribution < -0.4 is 20.9 Å². The summed E-state index contributed by atoms with van der Waals surface area (Å²) in [5.74, 6) is 1.95. The third kappa shape index (κ3) is 3.89. The first kappa shape index (κ1) is 20.3. The number of para-hydroxylation sites is 1. The van der Waals surface area contributed by atoms with Crippen molar-refractivity contribution in [2.75, 3.05) is 28.2 Å². The molecule has 3 heterocycles. The summed E-state index contributed by atoms with van der Waals surface area (Å²) in [6.07, 6.45) is 4.38. The Morgan fingerprint density at radius 2 is 1.77 bits per heavy atom. The van der Waals surface area contributed by atoms with E-state index in [1.165, 1.54) is 12.8 Å². The molecule has 1 amide bonds. The number of aromatic nitrogens is 1. The standard InChI is InChI=1S/C25H33N5O/c1-16-23(27-20-6-4-3-5-7-20)24-21(30(17(2)31)25(16)18-8-9-18)10-11-22(28-24)29-14-12-19(26)13-15-29/h3-7,10-11,16,18-19,23,25,27H,8-9,12-15,26H2,1-2H3. The van der Waals surface area contributed by atoms with Gasteiger partial charge >= 0.3 is 0 Å². The summed E-state index contributed by atoms with van der Waals surface area (Å²) >= 11 is 0. The van der Waals surface area contributed by atoms with Gasteiger partial charge in [0.15, 0.2) is 0 Å². The minimum Gasteiger partial charge on any atom is -0.376 e. The molecule has 1 saturated heterocycles. The van der Waals surface area contributed by atoms with Gasteiger partial charge < -0.3 is 20.9 Å². The number of carbonyl (C=O) groups excluding carboxylic acids is 1. The molecule has 31 heavy (non-hydrogen) atoms. The number of nitrogens with one attached hydrogen (secondary N) is 1. The maximum absolute atomic E-state index is 12.8. The number of fused-ring (bicyclic) bond motifs is 1. The average Bonchev–Trinajstić information content (AvgIpc) is 3.61. The van der Waals surface area contributed by atoms with E-state index in [0.717, 1.165) is 48.8 Å². The van der Waals surface area contributed by atoms with Gasteiger partial charge in [-0.3, -0.25) is 4.79 Å². The fourth-order valence-electron chi connectivity index (χ4n) is 5.41. The van der Waals surface area contributed by atoms with Gasteiger partial charge in [0, 0.05) is 43.7 Å². The van der Waals surface area contributed by atoms with E-state index < -0.39 is 0 Å². The maximum atomic E-state index is 12.8. The van der Waals surface area contributed by atoms with Crippen LogP contribution >= 0.6 is 0 Å². The molecule has 2 aliphatic heterocycles. The number of anilines is 3. The third-order valence-corrected chi connectivity index (χ3v) is 7.21. The molecule has 0 radical (unpaired) electrons. The lowest BCUT2D eigenvalue weighted by atomic mass is 9.82. The second kappa shape index (κ2) is 8.15. The van der Waals surface area contributed by atoms with E-state index in [4.69, 9.17) is 10.7 Å². The Bertz CT molecular complexity index is 936. The Morgan fingerprint density at radius 1 is 1.06 bits per heavy atom. The first-order chi connectivity index (χ1) is 15.0. The van der Waals surface area contributed by atoms with Crippen molar-refractivity contribution in [3.63, 3.8) is 0 Å². The summed E-state index contributed by atoms with van der Waals surface area (Å²) in [5, 5.41) is 3.76. The molecule has 1 aromatic heterocycles. The Morgan fingerprint density at radius 3 is 2.42 bits per heavy atom. The average molecular weight is 420 g/mol. The van der Waals surface area contributed by atoms with E-state index in [2.05, 4.69) is 53.5 Å². The van der Waals surface area contributed by atoms with Crippen molar-refractivity contribution in [1.82, 2.24) is 4.98 Å². The summed E-state index contributed by atoms with van der Waals surface area (Å²) in [6, 6.07) is 15.1. The molecular formula is C25H33N5O. The SMILES string of the molecule is CC(=O)N1c2ccc(N3CCC(N)CC3)nc2C(Nc2ccccc2)C(C)C1C1CC1. The van der Waals surface area contributed by atoms with Crippen molar-refractivity contribution in [3.8, 4) is 0 Å². The number of amides is 1. The van der Waals surface area contributed by atoms with Gasteiger partial charge in [0.25, 0.3) is 0 Å². The van der Waals surface area contributed by atoms with Gasteiger partial charge in [0.2, 0.25) is 5.91 Å². The molecule has 0 spiro atoms. The number of carbonyl (C=O) groups is 1. The van der Waals surface area contributed by atoms with Crippen LogP contribution in [0.3, 0.4) is 0 Å². The van der Waals surface area contributed by atoms with Gasteiger partial charge in [-0.05, 0) is 55.9 Å². The van der Waals surface area contributed by atoms with Crippen LogP contribution in [0.25, 0.3) is 0 Å². The molecule has 3 unspecified atom stereocenters. The minimum atomic E-state index is 0.0607. The first-order valence-corrected chi connectivity index (χ1v) is 11.7. The van der Waals surface area contributed by atoms with Gasteiger partial charge in [-0.2, -0.15) is 0 Å². The number of hydrogen-bond acceptors (Lipinski definition) is 5. The fraction of sp³-hybridized carbons (Fsp3) is 0.520. The van der Waals surface area contributed by atoms with E-state index in [-0.39, 0.29) is 30.0 Å². The summed E-state index contributed by atoms with van der Waals surface area (Å²) in [4.78, 5) is 22.3. The molecule has 3 atom stereocenters. The topological polar surface area (TPSA) is 74.5 Å². The smallest absolute Gasteiger partial charge is 0.224 e. The molecule has 6 nitrogen and oxygen atoms in total. The fourth-order valence-corrected chi connectivity index (χ4v) is 5.41. The number of piperidine rings is 1. The van der Waals surface area contributed by atoms with Crippen molar-refractivity contribution in [2.45, 2.75) is 57.7 Å². The normalized spacial score (nSPS) is 26.5. The highest BCUT2D eigenvalue weighted by molar-refractivity contribution is 5.94. The van der Waals surface area contributed by atoms with Gasteiger partial charge in [-0.15, -0.1) is 0 Å². The molecule has 2 aromatic rings. The zero-order valence-corrected chi connectivity index (χ0v) is 18.5. The summed E-state index contributed by atoms with van der Waals surface area (Å²) in [7, 11) is 0. The number of nitrogens with two attached hydrogens (primary N) is 1. The van der Waals surface area contributed by atoms with E-state index in [1.54, 1.807) is 6.92 Å². The van der Waals surface area contributed by atoms with Gasteiger partial charge in [-0.25, -0.2) is 4.98 Å². The van der Waals surface area contributed by atoms with Crippen molar-refractivity contribution in [3.05, 3.63) is 48.2 Å². The van der Waals surface area contributed by atoms with Crippen LogP contribution in [0.4, 0.5) is 17.2 Å². The van der Waals surface area contributed by atoms with Crippen molar-refractivity contribution in [2.24, 2.45) is 17.6 Å². The zero-order chi connectivity index (χ0) is 21.5. The highest BCUT2D eigenvalue weighted by atomic mass is 16.2. The monoisotopic (exact) mass is 419 g/mol. The van der Waals surface area contributed by atoms with Crippen LogP contribution in [0.5, 0.6) is 0 Å². The molecule has 2 fully saturated rings. The van der Waals surface area contributed by atoms with Crippen molar-refractivity contribution in [1.29, 1.82) is 0 Å². The lowest BCUT2D eigenvalue weighted by molar-refractivity contribution is -0.117. The largest absolute Gasteiger partial charge is 0.376 e. The number of pyridine rings is 1. The molecule has 3 N–H and O–H groups in total. The lowest BCUT2D eigenvalue weighted by Gasteiger charge is -2.45. The van der Waals surface area contributed by atoms with Crippen LogP contribution in [0, 0.1) is 11.8 Å². The highest BCUT2D eigenvalue weighted by Crippen LogP contribution is 2.49. The maximum Gasteiger partial charge on any atom is 0.224 e. The van der Waals surface area contributed by atoms with Crippen LogP contribution in [-0.2, 0) is 4.79 Å². The number of hydrogen-bond donors (Lipinski definition) is 2. The predicted octanol–water partition coefficient (Wildman–Crippen LogP) is 3.94.